The summed E-state index contributed by atoms with van der Waals surface area (Å²) in [6.45, 7) is 4.66. The van der Waals surface area contributed by atoms with E-state index in [4.69, 9.17) is 4.84 Å². The first-order chi connectivity index (χ1) is 12.1. The van der Waals surface area contributed by atoms with Gasteiger partial charge in [-0.15, -0.1) is 0 Å². The zero-order chi connectivity index (χ0) is 17.4. The number of fused-ring (bicyclic) bond motifs is 1. The molecule has 6 nitrogen and oxygen atoms in total. The number of carbonyl (C=O) groups excluding carboxylic acids is 2. The van der Waals surface area contributed by atoms with Gasteiger partial charge in [-0.1, -0.05) is 35.0 Å². The zero-order valence-electron chi connectivity index (χ0n) is 14.5. The lowest BCUT2D eigenvalue weighted by atomic mass is 10.00. The first-order valence-corrected chi connectivity index (χ1v) is 8.98. The number of hydrogen-bond donors (Lipinski definition) is 0. The van der Waals surface area contributed by atoms with E-state index < -0.39 is 0 Å². The smallest absolute Gasteiger partial charge is 0.272 e. The van der Waals surface area contributed by atoms with Crippen LogP contribution in [0.2, 0.25) is 0 Å². The van der Waals surface area contributed by atoms with Crippen molar-refractivity contribution in [1.82, 2.24) is 9.80 Å². The molecular weight excluding hydrogens is 318 g/mol. The van der Waals surface area contributed by atoms with Crippen LogP contribution in [-0.2, 0) is 20.8 Å². The van der Waals surface area contributed by atoms with E-state index in [2.05, 4.69) is 5.16 Å². The SMILES string of the molecule is Cc1ccc(CC(=O)N2C[C@@H]3C(C(=O)N4CCCC4)=NO[C@@H]3C2)cc1. The number of aryl methyl sites for hydroxylation is 1. The number of nitrogens with zero attached hydrogens (tertiary/aromatic N) is 3. The first-order valence-electron chi connectivity index (χ1n) is 8.98. The van der Waals surface area contributed by atoms with E-state index in [1.54, 1.807) is 4.90 Å². The van der Waals surface area contributed by atoms with Crippen molar-refractivity contribution in [2.45, 2.75) is 32.3 Å². The Kier molecular flexibility index (Phi) is 4.19. The topological polar surface area (TPSA) is 62.2 Å². The van der Waals surface area contributed by atoms with E-state index in [-0.39, 0.29) is 23.8 Å². The third-order valence-electron chi connectivity index (χ3n) is 5.34. The highest BCUT2D eigenvalue weighted by Crippen LogP contribution is 2.29. The molecule has 2 saturated heterocycles. The fourth-order valence-electron chi connectivity index (χ4n) is 3.81. The summed E-state index contributed by atoms with van der Waals surface area (Å²) >= 11 is 0. The van der Waals surface area contributed by atoms with Gasteiger partial charge in [0.05, 0.1) is 18.9 Å². The second-order valence-electron chi connectivity index (χ2n) is 7.19. The summed E-state index contributed by atoms with van der Waals surface area (Å²) in [5.74, 6) is -0.0253. The maximum absolute atomic E-state index is 12.6. The van der Waals surface area contributed by atoms with Crippen LogP contribution in [-0.4, -0.2) is 59.6 Å². The van der Waals surface area contributed by atoms with Crippen LogP contribution in [0.25, 0.3) is 0 Å². The van der Waals surface area contributed by atoms with Crippen LogP contribution in [0.3, 0.4) is 0 Å². The number of hydrogen-bond acceptors (Lipinski definition) is 4. The maximum atomic E-state index is 12.6. The lowest BCUT2D eigenvalue weighted by Crippen LogP contribution is -2.39. The molecular formula is C19H23N3O3. The Hall–Kier alpha value is -2.37. The molecule has 0 saturated carbocycles. The van der Waals surface area contributed by atoms with E-state index in [9.17, 15) is 9.59 Å². The van der Waals surface area contributed by atoms with Gasteiger partial charge in [-0.05, 0) is 25.3 Å². The van der Waals surface area contributed by atoms with Crippen molar-refractivity contribution >= 4 is 17.5 Å². The summed E-state index contributed by atoms with van der Waals surface area (Å²) in [4.78, 5) is 34.3. The quantitative estimate of drug-likeness (QED) is 0.834. The van der Waals surface area contributed by atoms with Gasteiger partial charge >= 0.3 is 0 Å². The summed E-state index contributed by atoms with van der Waals surface area (Å²) in [6.07, 6.45) is 2.31. The molecule has 0 unspecified atom stereocenters. The zero-order valence-corrected chi connectivity index (χ0v) is 14.5. The molecule has 0 aliphatic carbocycles. The summed E-state index contributed by atoms with van der Waals surface area (Å²) in [5, 5.41) is 4.04. The highest BCUT2D eigenvalue weighted by atomic mass is 16.6. The first kappa shape index (κ1) is 16.1. The minimum atomic E-state index is -0.177. The molecule has 4 rings (SSSR count). The molecule has 0 N–H and O–H groups in total. The van der Waals surface area contributed by atoms with Crippen LogP contribution in [0.1, 0.15) is 24.0 Å². The van der Waals surface area contributed by atoms with Crippen LogP contribution in [0.4, 0.5) is 0 Å². The average Bonchev–Trinajstić information content (AvgIpc) is 3.33. The molecule has 2 amide bonds. The molecule has 0 spiro atoms. The minimum absolute atomic E-state index is 0.0159. The second kappa shape index (κ2) is 6.50. The number of benzene rings is 1. The van der Waals surface area contributed by atoms with Crippen molar-refractivity contribution in [3.05, 3.63) is 35.4 Å². The van der Waals surface area contributed by atoms with Crippen molar-refractivity contribution in [2.75, 3.05) is 26.2 Å². The lowest BCUT2D eigenvalue weighted by molar-refractivity contribution is -0.130. The minimum Gasteiger partial charge on any atom is -0.389 e. The molecule has 2 fully saturated rings. The Morgan fingerprint density at radius 3 is 2.56 bits per heavy atom. The molecule has 0 bridgehead atoms. The fourth-order valence-corrected chi connectivity index (χ4v) is 3.81. The van der Waals surface area contributed by atoms with Crippen molar-refractivity contribution in [3.8, 4) is 0 Å². The monoisotopic (exact) mass is 341 g/mol. The van der Waals surface area contributed by atoms with E-state index in [1.807, 2.05) is 36.1 Å². The van der Waals surface area contributed by atoms with Crippen LogP contribution in [0, 0.1) is 12.8 Å². The molecule has 25 heavy (non-hydrogen) atoms. The Balaban J connectivity index is 1.39. The molecule has 3 heterocycles. The van der Waals surface area contributed by atoms with Gasteiger partial charge in [0.25, 0.3) is 5.91 Å². The largest absolute Gasteiger partial charge is 0.389 e. The number of oxime groups is 1. The average molecular weight is 341 g/mol. The Bertz CT molecular complexity index is 707. The van der Waals surface area contributed by atoms with Crippen LogP contribution in [0.5, 0.6) is 0 Å². The highest BCUT2D eigenvalue weighted by molar-refractivity contribution is 6.40. The molecule has 1 aromatic rings. The lowest BCUT2D eigenvalue weighted by Gasteiger charge is -2.18. The van der Waals surface area contributed by atoms with Gasteiger partial charge in [-0.3, -0.25) is 9.59 Å². The van der Waals surface area contributed by atoms with Gasteiger partial charge in [-0.25, -0.2) is 0 Å². The third kappa shape index (κ3) is 3.13. The fraction of sp³-hybridized carbons (Fsp3) is 0.526. The molecule has 1 aromatic carbocycles. The van der Waals surface area contributed by atoms with Gasteiger partial charge in [0.15, 0.2) is 11.8 Å². The molecule has 6 heteroatoms. The van der Waals surface area contributed by atoms with E-state index in [0.29, 0.717) is 25.2 Å². The maximum Gasteiger partial charge on any atom is 0.272 e. The number of rotatable bonds is 3. The number of amides is 2. The van der Waals surface area contributed by atoms with Gasteiger partial charge in [0.2, 0.25) is 5.91 Å². The van der Waals surface area contributed by atoms with Crippen molar-refractivity contribution in [2.24, 2.45) is 11.1 Å². The van der Waals surface area contributed by atoms with E-state index in [0.717, 1.165) is 31.5 Å². The van der Waals surface area contributed by atoms with E-state index in [1.165, 1.54) is 5.56 Å². The normalized spacial score (nSPS) is 24.9. The highest BCUT2D eigenvalue weighted by Gasteiger charge is 2.47. The van der Waals surface area contributed by atoms with Crippen LogP contribution in [0.15, 0.2) is 29.4 Å². The number of carbonyl (C=O) groups is 2. The predicted molar refractivity (Wildman–Crippen MR) is 93.1 cm³/mol. The van der Waals surface area contributed by atoms with Crippen molar-refractivity contribution in [1.29, 1.82) is 0 Å². The molecule has 0 radical (unpaired) electrons. The molecule has 0 aromatic heterocycles. The third-order valence-corrected chi connectivity index (χ3v) is 5.34. The van der Waals surface area contributed by atoms with Crippen molar-refractivity contribution < 1.29 is 14.4 Å². The van der Waals surface area contributed by atoms with Gasteiger partial charge in [0.1, 0.15) is 0 Å². The Morgan fingerprint density at radius 2 is 1.84 bits per heavy atom. The van der Waals surface area contributed by atoms with Gasteiger partial charge in [-0.2, -0.15) is 0 Å². The number of likely N-dealkylation sites (tertiary alicyclic amines) is 2. The standard InChI is InChI=1S/C19H23N3O3/c1-13-4-6-14(7-5-13)10-17(23)22-11-15-16(12-22)25-20-18(15)19(24)21-8-2-3-9-21/h4-7,15-16H,2-3,8-12H2,1H3/t15-,16+/m0/s1. The Morgan fingerprint density at radius 1 is 1.12 bits per heavy atom. The van der Waals surface area contributed by atoms with Gasteiger partial charge < -0.3 is 14.6 Å². The van der Waals surface area contributed by atoms with Crippen LogP contribution < -0.4 is 0 Å². The van der Waals surface area contributed by atoms with E-state index >= 15 is 0 Å². The van der Waals surface area contributed by atoms with Crippen molar-refractivity contribution in [3.63, 3.8) is 0 Å². The molecule has 3 aliphatic heterocycles. The molecule has 3 aliphatic rings. The molecule has 132 valence electrons. The van der Waals surface area contributed by atoms with Gasteiger partial charge in [0, 0.05) is 19.6 Å². The second-order valence-corrected chi connectivity index (χ2v) is 7.19. The predicted octanol–water partition coefficient (Wildman–Crippen LogP) is 1.37. The molecule has 2 atom stereocenters. The van der Waals surface area contributed by atoms with Crippen LogP contribution >= 0.6 is 0 Å². The summed E-state index contributed by atoms with van der Waals surface area (Å²) in [5.41, 5.74) is 2.69. The summed E-state index contributed by atoms with van der Waals surface area (Å²) < 4.78 is 0. The summed E-state index contributed by atoms with van der Waals surface area (Å²) in [6, 6.07) is 8.02. The summed E-state index contributed by atoms with van der Waals surface area (Å²) in [7, 11) is 0. The Labute approximate surface area is 147 Å².